The van der Waals surface area contributed by atoms with Crippen molar-refractivity contribution in [2.24, 2.45) is 11.3 Å². The average molecular weight is 260 g/mol. The predicted octanol–water partition coefficient (Wildman–Crippen LogP) is 4.29. The zero-order valence-corrected chi connectivity index (χ0v) is 13.5. The molecule has 0 aliphatic rings. The molecule has 0 aliphatic carbocycles. The predicted molar refractivity (Wildman–Crippen MR) is 75.0 cm³/mol. The van der Waals surface area contributed by atoms with Crippen LogP contribution < -0.4 is 0 Å². The number of rotatable bonds is 7. The molecule has 18 heavy (non-hydrogen) atoms. The normalized spacial score (nSPS) is 17.0. The van der Waals surface area contributed by atoms with E-state index in [0.717, 1.165) is 12.8 Å². The zero-order chi connectivity index (χ0) is 14.6. The van der Waals surface area contributed by atoms with Gasteiger partial charge in [0.25, 0.3) is 0 Å². The maximum absolute atomic E-state index is 10.1. The Balaban J connectivity index is 4.20. The summed E-state index contributed by atoms with van der Waals surface area (Å²) in [4.78, 5) is 10.7. The van der Waals surface area contributed by atoms with E-state index in [2.05, 4.69) is 34.6 Å². The maximum atomic E-state index is 10.1. The van der Waals surface area contributed by atoms with Crippen molar-refractivity contribution in [2.75, 3.05) is 0 Å². The minimum absolute atomic E-state index is 0.163. The molecule has 1 N–H and O–H groups in total. The van der Waals surface area contributed by atoms with E-state index in [1.54, 1.807) is 6.92 Å². The van der Waals surface area contributed by atoms with Gasteiger partial charge in [-0.3, -0.25) is 0 Å². The first-order valence-corrected chi connectivity index (χ1v) is 6.92. The molecule has 0 aromatic heterocycles. The third-order valence-corrected chi connectivity index (χ3v) is 2.59. The van der Waals surface area contributed by atoms with Gasteiger partial charge in [0.1, 0.15) is 0 Å². The van der Waals surface area contributed by atoms with E-state index in [0.29, 0.717) is 12.3 Å². The van der Waals surface area contributed by atoms with Gasteiger partial charge in [-0.25, -0.2) is 9.78 Å². The second-order valence-electron chi connectivity index (χ2n) is 7.77. The number of aliphatic hydroxyl groups is 1. The van der Waals surface area contributed by atoms with Crippen LogP contribution in [0, 0.1) is 11.3 Å². The van der Waals surface area contributed by atoms with Crippen molar-refractivity contribution in [3.63, 3.8) is 0 Å². The van der Waals surface area contributed by atoms with E-state index in [1.807, 2.05) is 13.8 Å². The summed E-state index contributed by atoms with van der Waals surface area (Å²) in [6.45, 7) is 16.4. The first-order chi connectivity index (χ1) is 7.83. The molecule has 0 aliphatic heterocycles. The molecule has 3 heteroatoms. The third kappa shape index (κ3) is 9.86. The highest BCUT2D eigenvalue weighted by Crippen LogP contribution is 2.31. The summed E-state index contributed by atoms with van der Waals surface area (Å²) in [6.07, 6.45) is 2.35. The average Bonchev–Trinajstić information content (AvgIpc) is 2.09. The van der Waals surface area contributed by atoms with E-state index >= 15 is 0 Å². The second kappa shape index (κ2) is 6.36. The van der Waals surface area contributed by atoms with Gasteiger partial charge in [-0.1, -0.05) is 34.6 Å². The largest absolute Gasteiger partial charge is 0.363 e. The lowest BCUT2D eigenvalue weighted by Crippen LogP contribution is -2.37. The number of hydrogen-bond donors (Lipinski definition) is 1. The summed E-state index contributed by atoms with van der Waals surface area (Å²) in [5, 5.41) is 10.1. The molecule has 0 bridgehead atoms. The van der Waals surface area contributed by atoms with Gasteiger partial charge in [-0.05, 0) is 44.9 Å². The molecule has 3 nitrogen and oxygen atoms in total. The lowest BCUT2D eigenvalue weighted by atomic mass is 9.84. The molecule has 0 fully saturated rings. The molecule has 0 amide bonds. The van der Waals surface area contributed by atoms with Crippen LogP contribution in [0.5, 0.6) is 0 Å². The quantitative estimate of drug-likeness (QED) is 0.421. The molecular weight excluding hydrogens is 228 g/mol. The summed E-state index contributed by atoms with van der Waals surface area (Å²) in [5.74, 6) is -0.665. The fourth-order valence-corrected chi connectivity index (χ4v) is 2.11. The summed E-state index contributed by atoms with van der Waals surface area (Å²) in [7, 11) is 0. The van der Waals surface area contributed by atoms with E-state index in [4.69, 9.17) is 9.78 Å². The molecule has 0 radical (unpaired) electrons. The smallest absolute Gasteiger partial charge is 0.196 e. The second-order valence-corrected chi connectivity index (χ2v) is 7.77. The first-order valence-electron chi connectivity index (χ1n) is 6.92. The highest BCUT2D eigenvalue weighted by atomic mass is 17.2. The molecule has 1 unspecified atom stereocenters. The van der Waals surface area contributed by atoms with Crippen LogP contribution in [0.25, 0.3) is 0 Å². The van der Waals surface area contributed by atoms with Crippen molar-refractivity contribution in [1.29, 1.82) is 0 Å². The van der Waals surface area contributed by atoms with E-state index in [9.17, 15) is 5.11 Å². The Morgan fingerprint density at radius 1 is 0.944 bits per heavy atom. The van der Waals surface area contributed by atoms with Gasteiger partial charge in [0, 0.05) is 6.42 Å². The summed E-state index contributed by atoms with van der Waals surface area (Å²) < 4.78 is 0. The standard InChI is InChI=1S/C15H32O3/c1-12(2)9-10-15(8,16)18-17-14(6,7)11-13(3,4)5/h12,16H,9-11H2,1-8H3. The minimum atomic E-state index is -1.21. The fraction of sp³-hybridized carbons (Fsp3) is 1.00. The van der Waals surface area contributed by atoms with Crippen LogP contribution in [0.3, 0.4) is 0 Å². The molecule has 0 saturated carbocycles. The van der Waals surface area contributed by atoms with Crippen molar-refractivity contribution in [3.05, 3.63) is 0 Å². The van der Waals surface area contributed by atoms with Crippen LogP contribution in [0.4, 0.5) is 0 Å². The van der Waals surface area contributed by atoms with Crippen molar-refractivity contribution >= 4 is 0 Å². The van der Waals surface area contributed by atoms with Gasteiger partial charge in [-0.15, -0.1) is 0 Å². The van der Waals surface area contributed by atoms with E-state index in [-0.39, 0.29) is 5.41 Å². The zero-order valence-electron chi connectivity index (χ0n) is 13.5. The summed E-state index contributed by atoms with van der Waals surface area (Å²) >= 11 is 0. The van der Waals surface area contributed by atoms with Gasteiger partial charge in [-0.2, -0.15) is 0 Å². The highest BCUT2D eigenvalue weighted by Gasteiger charge is 2.31. The molecule has 1 atom stereocenters. The van der Waals surface area contributed by atoms with Crippen LogP contribution >= 0.6 is 0 Å². The molecule has 0 aromatic carbocycles. The molecule has 0 aromatic rings. The van der Waals surface area contributed by atoms with Crippen LogP contribution in [0.1, 0.15) is 74.7 Å². The Kier molecular flexibility index (Phi) is 6.31. The van der Waals surface area contributed by atoms with Crippen molar-refractivity contribution in [1.82, 2.24) is 0 Å². The Morgan fingerprint density at radius 2 is 1.44 bits per heavy atom. The first kappa shape index (κ1) is 17.9. The Bertz CT molecular complexity index is 237. The molecule has 0 heterocycles. The molecule has 110 valence electrons. The molecule has 0 saturated heterocycles. The van der Waals surface area contributed by atoms with Gasteiger partial charge in [0.05, 0.1) is 5.60 Å². The molecular formula is C15H32O3. The van der Waals surface area contributed by atoms with Crippen LogP contribution in [-0.2, 0) is 9.78 Å². The molecule has 0 spiro atoms. The summed E-state index contributed by atoms with van der Waals surface area (Å²) in [5.41, 5.74) is -0.239. The highest BCUT2D eigenvalue weighted by molar-refractivity contribution is 4.76. The molecule has 0 rings (SSSR count). The van der Waals surface area contributed by atoms with Crippen LogP contribution in [-0.4, -0.2) is 16.5 Å². The SMILES string of the molecule is CC(C)CCC(C)(O)OOC(C)(C)CC(C)(C)C. The topological polar surface area (TPSA) is 38.7 Å². The Morgan fingerprint density at radius 3 is 1.83 bits per heavy atom. The monoisotopic (exact) mass is 260 g/mol. The van der Waals surface area contributed by atoms with Crippen molar-refractivity contribution in [3.8, 4) is 0 Å². The Hall–Kier alpha value is -0.120. The van der Waals surface area contributed by atoms with E-state index in [1.165, 1.54) is 0 Å². The van der Waals surface area contributed by atoms with Gasteiger partial charge >= 0.3 is 0 Å². The fourth-order valence-electron chi connectivity index (χ4n) is 2.11. The lowest BCUT2D eigenvalue weighted by Gasteiger charge is -2.34. The van der Waals surface area contributed by atoms with Crippen molar-refractivity contribution in [2.45, 2.75) is 86.0 Å². The number of hydrogen-bond acceptors (Lipinski definition) is 3. The maximum Gasteiger partial charge on any atom is 0.196 e. The van der Waals surface area contributed by atoms with Crippen LogP contribution in [0.15, 0.2) is 0 Å². The van der Waals surface area contributed by atoms with Gasteiger partial charge in [0.15, 0.2) is 5.79 Å². The van der Waals surface area contributed by atoms with Crippen LogP contribution in [0.2, 0.25) is 0 Å². The van der Waals surface area contributed by atoms with Crippen molar-refractivity contribution < 1.29 is 14.9 Å². The minimum Gasteiger partial charge on any atom is -0.363 e. The van der Waals surface area contributed by atoms with E-state index < -0.39 is 11.4 Å². The van der Waals surface area contributed by atoms with Gasteiger partial charge in [0.2, 0.25) is 0 Å². The third-order valence-electron chi connectivity index (χ3n) is 2.59. The lowest BCUT2D eigenvalue weighted by molar-refractivity contribution is -0.453. The Labute approximate surface area is 113 Å². The van der Waals surface area contributed by atoms with Gasteiger partial charge < -0.3 is 5.11 Å². The summed E-state index contributed by atoms with van der Waals surface area (Å²) in [6, 6.07) is 0.